The second-order valence-corrected chi connectivity index (χ2v) is 5.65. The normalized spacial score (nSPS) is 12.2. The van der Waals surface area contributed by atoms with E-state index in [0.717, 1.165) is 3.57 Å². The van der Waals surface area contributed by atoms with Crippen molar-refractivity contribution in [1.29, 1.82) is 0 Å². The zero-order valence-corrected chi connectivity index (χ0v) is 12.5. The maximum Gasteiger partial charge on any atom is 0.308 e. The third-order valence-electron chi connectivity index (χ3n) is 2.69. The third-order valence-corrected chi connectivity index (χ3v) is 3.36. The van der Waals surface area contributed by atoms with Crippen LogP contribution in [-0.4, -0.2) is 23.5 Å². The highest BCUT2D eigenvalue weighted by Gasteiger charge is 2.22. The highest BCUT2D eigenvalue weighted by molar-refractivity contribution is 14.1. The molecule has 18 heavy (non-hydrogen) atoms. The summed E-state index contributed by atoms with van der Waals surface area (Å²) in [6.45, 7) is 3.81. The zero-order valence-electron chi connectivity index (χ0n) is 10.3. The molecule has 1 amide bonds. The summed E-state index contributed by atoms with van der Waals surface area (Å²) >= 11 is 2.13. The maximum atomic E-state index is 11.8. The minimum absolute atomic E-state index is 0.0151. The lowest BCUT2D eigenvalue weighted by Crippen LogP contribution is -2.35. The topological polar surface area (TPSA) is 66.4 Å². The Balaban J connectivity index is 2.63. The second-order valence-electron chi connectivity index (χ2n) is 4.41. The van der Waals surface area contributed by atoms with Crippen molar-refractivity contribution < 1.29 is 14.7 Å². The molecule has 1 rings (SSSR count). The molecule has 0 aliphatic heterocycles. The molecule has 0 aliphatic carbocycles. The monoisotopic (exact) mass is 361 g/mol. The molecular formula is C13H16INO3. The lowest BCUT2D eigenvalue weighted by Gasteiger charge is -2.16. The number of rotatable bonds is 5. The van der Waals surface area contributed by atoms with Crippen LogP contribution in [0.2, 0.25) is 0 Å². The number of carboxylic acid groups (broad SMARTS) is 1. The SMILES string of the molecule is CC(C)C(CNC(=O)c1cccc(I)c1)C(=O)O. The number of aliphatic carboxylic acids is 1. The average Bonchev–Trinajstić information content (AvgIpc) is 2.28. The van der Waals surface area contributed by atoms with Crippen LogP contribution in [0.5, 0.6) is 0 Å². The molecule has 0 radical (unpaired) electrons. The van der Waals surface area contributed by atoms with Gasteiger partial charge in [0.2, 0.25) is 0 Å². The Morgan fingerprint density at radius 2 is 2.06 bits per heavy atom. The summed E-state index contributed by atoms with van der Waals surface area (Å²) in [6, 6.07) is 7.17. The van der Waals surface area contributed by atoms with Gasteiger partial charge in [-0.1, -0.05) is 19.9 Å². The van der Waals surface area contributed by atoms with Crippen LogP contribution >= 0.6 is 22.6 Å². The lowest BCUT2D eigenvalue weighted by molar-refractivity contribution is -0.142. The molecule has 5 heteroatoms. The fourth-order valence-corrected chi connectivity index (χ4v) is 2.09. The van der Waals surface area contributed by atoms with Gasteiger partial charge in [0.05, 0.1) is 5.92 Å². The Morgan fingerprint density at radius 3 is 2.56 bits per heavy atom. The van der Waals surface area contributed by atoms with Crippen molar-refractivity contribution in [2.24, 2.45) is 11.8 Å². The van der Waals surface area contributed by atoms with Crippen LogP contribution in [0.15, 0.2) is 24.3 Å². The standard InChI is InChI=1S/C13H16INO3/c1-8(2)11(13(17)18)7-15-12(16)9-4-3-5-10(14)6-9/h3-6,8,11H,7H2,1-2H3,(H,15,16)(H,17,18). The lowest BCUT2D eigenvalue weighted by atomic mass is 9.96. The molecule has 0 fully saturated rings. The number of hydrogen-bond donors (Lipinski definition) is 2. The van der Waals surface area contributed by atoms with Crippen LogP contribution in [0.1, 0.15) is 24.2 Å². The number of hydrogen-bond acceptors (Lipinski definition) is 2. The van der Waals surface area contributed by atoms with Crippen LogP contribution < -0.4 is 5.32 Å². The summed E-state index contributed by atoms with van der Waals surface area (Å²) in [5, 5.41) is 11.7. The fraction of sp³-hybridized carbons (Fsp3) is 0.385. The number of amides is 1. The first kappa shape index (κ1) is 14.9. The summed E-state index contributed by atoms with van der Waals surface area (Å²) in [5.74, 6) is -1.69. The van der Waals surface area contributed by atoms with Crippen molar-refractivity contribution in [2.45, 2.75) is 13.8 Å². The van der Waals surface area contributed by atoms with E-state index in [1.165, 1.54) is 0 Å². The summed E-state index contributed by atoms with van der Waals surface area (Å²) in [6.07, 6.45) is 0. The van der Waals surface area contributed by atoms with Crippen molar-refractivity contribution in [3.05, 3.63) is 33.4 Å². The van der Waals surface area contributed by atoms with Gasteiger partial charge in [0.15, 0.2) is 0 Å². The maximum absolute atomic E-state index is 11.8. The predicted molar refractivity (Wildman–Crippen MR) is 77.5 cm³/mol. The van der Waals surface area contributed by atoms with Gasteiger partial charge >= 0.3 is 5.97 Å². The van der Waals surface area contributed by atoms with Crippen LogP contribution in [0.4, 0.5) is 0 Å². The molecular weight excluding hydrogens is 345 g/mol. The quantitative estimate of drug-likeness (QED) is 0.792. The van der Waals surface area contributed by atoms with Gasteiger partial charge in [0.1, 0.15) is 0 Å². The van der Waals surface area contributed by atoms with E-state index in [0.29, 0.717) is 5.56 Å². The molecule has 98 valence electrons. The molecule has 1 aromatic rings. The largest absolute Gasteiger partial charge is 0.481 e. The summed E-state index contributed by atoms with van der Waals surface area (Å²) in [5.41, 5.74) is 0.551. The average molecular weight is 361 g/mol. The van der Waals surface area contributed by atoms with E-state index in [2.05, 4.69) is 27.9 Å². The number of benzene rings is 1. The number of nitrogens with one attached hydrogen (secondary N) is 1. The molecule has 4 nitrogen and oxygen atoms in total. The first-order chi connectivity index (χ1) is 8.41. The van der Waals surface area contributed by atoms with E-state index < -0.39 is 11.9 Å². The summed E-state index contributed by atoms with van der Waals surface area (Å²) < 4.78 is 0.971. The molecule has 0 spiro atoms. The molecule has 0 aliphatic rings. The first-order valence-corrected chi connectivity index (χ1v) is 6.76. The van der Waals surface area contributed by atoms with Crippen molar-refractivity contribution in [3.63, 3.8) is 0 Å². The highest BCUT2D eigenvalue weighted by atomic mass is 127. The van der Waals surface area contributed by atoms with Gasteiger partial charge in [-0.25, -0.2) is 0 Å². The van der Waals surface area contributed by atoms with Crippen LogP contribution in [-0.2, 0) is 4.79 Å². The Morgan fingerprint density at radius 1 is 1.39 bits per heavy atom. The molecule has 0 bridgehead atoms. The molecule has 0 aromatic heterocycles. The van der Waals surface area contributed by atoms with Crippen molar-refractivity contribution >= 4 is 34.5 Å². The minimum atomic E-state index is -0.882. The molecule has 1 aromatic carbocycles. The Kier molecular flexibility index (Phi) is 5.58. The van der Waals surface area contributed by atoms with Crippen LogP contribution in [0.3, 0.4) is 0 Å². The number of carbonyl (C=O) groups excluding carboxylic acids is 1. The third kappa shape index (κ3) is 4.29. The van der Waals surface area contributed by atoms with E-state index in [1.54, 1.807) is 18.2 Å². The van der Waals surface area contributed by atoms with Crippen LogP contribution in [0.25, 0.3) is 0 Å². The predicted octanol–water partition coefficient (Wildman–Crippen LogP) is 2.38. The highest BCUT2D eigenvalue weighted by Crippen LogP contribution is 2.11. The molecule has 2 N–H and O–H groups in total. The van der Waals surface area contributed by atoms with Gasteiger partial charge in [0, 0.05) is 15.7 Å². The van der Waals surface area contributed by atoms with Crippen molar-refractivity contribution in [2.75, 3.05) is 6.54 Å². The second kappa shape index (κ2) is 6.72. The van der Waals surface area contributed by atoms with Crippen molar-refractivity contribution in [1.82, 2.24) is 5.32 Å². The van der Waals surface area contributed by atoms with Gasteiger partial charge in [-0.3, -0.25) is 9.59 Å². The number of halogens is 1. The fourth-order valence-electron chi connectivity index (χ4n) is 1.54. The molecule has 0 saturated carbocycles. The van der Waals surface area contributed by atoms with Gasteiger partial charge in [-0.05, 0) is 46.7 Å². The Labute approximate surface area is 120 Å². The summed E-state index contributed by atoms with van der Waals surface area (Å²) in [7, 11) is 0. The van der Waals surface area contributed by atoms with E-state index in [-0.39, 0.29) is 18.4 Å². The smallest absolute Gasteiger partial charge is 0.308 e. The van der Waals surface area contributed by atoms with E-state index in [9.17, 15) is 9.59 Å². The van der Waals surface area contributed by atoms with Crippen molar-refractivity contribution in [3.8, 4) is 0 Å². The van der Waals surface area contributed by atoms with Gasteiger partial charge in [-0.15, -0.1) is 0 Å². The molecule has 1 atom stereocenters. The Bertz CT molecular complexity index is 446. The van der Waals surface area contributed by atoms with Gasteiger partial charge in [0.25, 0.3) is 5.91 Å². The van der Waals surface area contributed by atoms with E-state index >= 15 is 0 Å². The Hall–Kier alpha value is -1.11. The first-order valence-electron chi connectivity index (χ1n) is 5.68. The molecule has 0 saturated heterocycles. The molecule has 1 unspecified atom stereocenters. The number of carboxylic acids is 1. The van der Waals surface area contributed by atoms with Gasteiger partial charge in [-0.2, -0.15) is 0 Å². The van der Waals surface area contributed by atoms with Gasteiger partial charge < -0.3 is 10.4 Å². The van der Waals surface area contributed by atoms with E-state index in [4.69, 9.17) is 5.11 Å². The number of carbonyl (C=O) groups is 2. The van der Waals surface area contributed by atoms with E-state index in [1.807, 2.05) is 19.9 Å². The minimum Gasteiger partial charge on any atom is -0.481 e. The molecule has 0 heterocycles. The zero-order chi connectivity index (χ0) is 13.7. The van der Waals surface area contributed by atoms with Crippen LogP contribution in [0, 0.1) is 15.4 Å². The summed E-state index contributed by atoms with van der Waals surface area (Å²) in [4.78, 5) is 22.8.